The molecular formula is C12H26N2. The van der Waals surface area contributed by atoms with E-state index in [9.17, 15) is 0 Å². The Morgan fingerprint density at radius 1 is 1.50 bits per heavy atom. The van der Waals surface area contributed by atoms with E-state index >= 15 is 0 Å². The molecule has 1 aliphatic rings. The van der Waals surface area contributed by atoms with Crippen molar-refractivity contribution in [2.75, 3.05) is 20.1 Å². The highest BCUT2D eigenvalue weighted by molar-refractivity contribution is 4.91. The SMILES string of the molecule is CCCC(C)(CN)N(C)CC1CC1C. The maximum absolute atomic E-state index is 5.88. The normalized spacial score (nSPS) is 30.4. The maximum atomic E-state index is 5.88. The summed E-state index contributed by atoms with van der Waals surface area (Å²) in [5, 5.41) is 0. The second kappa shape index (κ2) is 4.63. The predicted octanol–water partition coefficient (Wildman–Crippen LogP) is 2.09. The summed E-state index contributed by atoms with van der Waals surface area (Å²) in [5.74, 6) is 1.88. The number of nitrogens with two attached hydrogens (primary N) is 1. The van der Waals surface area contributed by atoms with Crippen LogP contribution in [0.4, 0.5) is 0 Å². The lowest BCUT2D eigenvalue weighted by atomic mass is 9.94. The standard InChI is InChI=1S/C12H26N2/c1-5-6-12(3,9-13)14(4)8-11-7-10(11)2/h10-11H,5-9,13H2,1-4H3. The molecule has 0 saturated heterocycles. The molecule has 0 heterocycles. The summed E-state index contributed by atoms with van der Waals surface area (Å²) in [6.45, 7) is 8.89. The summed E-state index contributed by atoms with van der Waals surface area (Å²) in [6, 6.07) is 0. The van der Waals surface area contributed by atoms with E-state index in [2.05, 4.69) is 32.7 Å². The lowest BCUT2D eigenvalue weighted by Gasteiger charge is -2.38. The molecule has 2 N–H and O–H groups in total. The van der Waals surface area contributed by atoms with Crippen molar-refractivity contribution in [1.29, 1.82) is 0 Å². The van der Waals surface area contributed by atoms with Gasteiger partial charge in [0, 0.05) is 18.6 Å². The van der Waals surface area contributed by atoms with Crippen molar-refractivity contribution in [2.45, 2.75) is 45.6 Å². The first-order chi connectivity index (χ1) is 6.53. The van der Waals surface area contributed by atoms with Gasteiger partial charge in [-0.15, -0.1) is 0 Å². The van der Waals surface area contributed by atoms with Gasteiger partial charge in [-0.1, -0.05) is 20.3 Å². The van der Waals surface area contributed by atoms with Gasteiger partial charge in [-0.25, -0.2) is 0 Å². The van der Waals surface area contributed by atoms with Gasteiger partial charge in [0.1, 0.15) is 0 Å². The van der Waals surface area contributed by atoms with Crippen molar-refractivity contribution in [1.82, 2.24) is 4.90 Å². The van der Waals surface area contributed by atoms with E-state index in [4.69, 9.17) is 5.73 Å². The predicted molar refractivity (Wildman–Crippen MR) is 62.3 cm³/mol. The van der Waals surface area contributed by atoms with Gasteiger partial charge in [-0.05, 0) is 38.6 Å². The molecule has 84 valence electrons. The Hall–Kier alpha value is -0.0800. The van der Waals surface area contributed by atoms with Gasteiger partial charge >= 0.3 is 0 Å². The first-order valence-electron chi connectivity index (χ1n) is 5.94. The van der Waals surface area contributed by atoms with Crippen LogP contribution in [0, 0.1) is 11.8 Å². The Labute approximate surface area is 88.8 Å². The zero-order chi connectivity index (χ0) is 10.8. The minimum Gasteiger partial charge on any atom is -0.329 e. The van der Waals surface area contributed by atoms with Crippen LogP contribution in [-0.4, -0.2) is 30.6 Å². The average Bonchev–Trinajstić information content (AvgIpc) is 2.82. The Morgan fingerprint density at radius 2 is 2.07 bits per heavy atom. The van der Waals surface area contributed by atoms with Crippen molar-refractivity contribution < 1.29 is 0 Å². The molecule has 2 nitrogen and oxygen atoms in total. The average molecular weight is 198 g/mol. The molecule has 0 bridgehead atoms. The highest BCUT2D eigenvalue weighted by Crippen LogP contribution is 2.39. The number of hydrogen-bond acceptors (Lipinski definition) is 2. The minimum atomic E-state index is 0.219. The van der Waals surface area contributed by atoms with Crippen LogP contribution < -0.4 is 5.73 Å². The van der Waals surface area contributed by atoms with Crippen molar-refractivity contribution in [3.63, 3.8) is 0 Å². The molecule has 0 amide bonds. The summed E-state index contributed by atoms with van der Waals surface area (Å²) in [4.78, 5) is 2.48. The molecule has 0 aliphatic heterocycles. The van der Waals surface area contributed by atoms with E-state index < -0.39 is 0 Å². The van der Waals surface area contributed by atoms with Crippen molar-refractivity contribution in [2.24, 2.45) is 17.6 Å². The van der Waals surface area contributed by atoms with Crippen molar-refractivity contribution in [3.8, 4) is 0 Å². The van der Waals surface area contributed by atoms with Crippen LogP contribution in [0.25, 0.3) is 0 Å². The summed E-state index contributed by atoms with van der Waals surface area (Å²) >= 11 is 0. The fourth-order valence-electron chi connectivity index (χ4n) is 2.21. The highest BCUT2D eigenvalue weighted by Gasteiger charge is 2.37. The summed E-state index contributed by atoms with van der Waals surface area (Å²) in [6.07, 6.45) is 3.84. The van der Waals surface area contributed by atoms with Crippen LogP contribution in [0.2, 0.25) is 0 Å². The Balaban J connectivity index is 2.41. The molecule has 0 aromatic rings. The molecular weight excluding hydrogens is 172 g/mol. The van der Waals surface area contributed by atoms with Gasteiger partial charge in [0.05, 0.1) is 0 Å². The fraction of sp³-hybridized carbons (Fsp3) is 1.00. The van der Waals surface area contributed by atoms with Crippen molar-refractivity contribution in [3.05, 3.63) is 0 Å². The fourth-order valence-corrected chi connectivity index (χ4v) is 2.21. The van der Waals surface area contributed by atoms with Gasteiger partial charge in [0.25, 0.3) is 0 Å². The van der Waals surface area contributed by atoms with Gasteiger partial charge in [-0.2, -0.15) is 0 Å². The summed E-state index contributed by atoms with van der Waals surface area (Å²) in [7, 11) is 2.23. The molecule has 0 spiro atoms. The second-order valence-electron chi connectivity index (χ2n) is 5.30. The molecule has 14 heavy (non-hydrogen) atoms. The third kappa shape index (κ3) is 2.71. The number of rotatable bonds is 6. The van der Waals surface area contributed by atoms with Crippen LogP contribution >= 0.6 is 0 Å². The van der Waals surface area contributed by atoms with Gasteiger partial charge in [0.2, 0.25) is 0 Å². The molecule has 0 radical (unpaired) electrons. The molecule has 1 aliphatic carbocycles. The molecule has 1 rings (SSSR count). The molecule has 1 fully saturated rings. The van der Waals surface area contributed by atoms with Crippen LogP contribution in [0.5, 0.6) is 0 Å². The molecule has 0 aromatic heterocycles. The van der Waals surface area contributed by atoms with Gasteiger partial charge < -0.3 is 5.73 Å². The summed E-state index contributed by atoms with van der Waals surface area (Å²) < 4.78 is 0. The Bertz CT molecular complexity index is 181. The molecule has 0 aromatic carbocycles. The third-order valence-electron chi connectivity index (χ3n) is 3.93. The van der Waals surface area contributed by atoms with E-state index in [1.807, 2.05) is 0 Å². The van der Waals surface area contributed by atoms with E-state index in [0.717, 1.165) is 18.4 Å². The topological polar surface area (TPSA) is 29.3 Å². The van der Waals surface area contributed by atoms with Crippen LogP contribution in [0.1, 0.15) is 40.0 Å². The lowest BCUT2D eigenvalue weighted by Crippen LogP contribution is -2.50. The van der Waals surface area contributed by atoms with Gasteiger partial charge in [-0.3, -0.25) is 4.90 Å². The van der Waals surface area contributed by atoms with Gasteiger partial charge in [0.15, 0.2) is 0 Å². The lowest BCUT2D eigenvalue weighted by molar-refractivity contribution is 0.125. The molecule has 3 unspecified atom stereocenters. The molecule has 2 heteroatoms. The van der Waals surface area contributed by atoms with E-state index in [1.54, 1.807) is 0 Å². The van der Waals surface area contributed by atoms with E-state index in [-0.39, 0.29) is 5.54 Å². The first-order valence-corrected chi connectivity index (χ1v) is 5.94. The second-order valence-corrected chi connectivity index (χ2v) is 5.30. The van der Waals surface area contributed by atoms with Crippen LogP contribution in [0.3, 0.4) is 0 Å². The Kier molecular flexibility index (Phi) is 3.96. The first kappa shape index (κ1) is 12.0. The monoisotopic (exact) mass is 198 g/mol. The van der Waals surface area contributed by atoms with E-state index in [1.165, 1.54) is 25.8 Å². The number of nitrogens with zero attached hydrogens (tertiary/aromatic N) is 1. The van der Waals surface area contributed by atoms with Crippen LogP contribution in [0.15, 0.2) is 0 Å². The third-order valence-corrected chi connectivity index (χ3v) is 3.93. The molecule has 1 saturated carbocycles. The number of hydrogen-bond donors (Lipinski definition) is 1. The number of likely N-dealkylation sites (N-methyl/N-ethyl adjacent to an activating group) is 1. The van der Waals surface area contributed by atoms with Crippen molar-refractivity contribution >= 4 is 0 Å². The van der Waals surface area contributed by atoms with E-state index in [0.29, 0.717) is 0 Å². The van der Waals surface area contributed by atoms with Crippen LogP contribution in [-0.2, 0) is 0 Å². The minimum absolute atomic E-state index is 0.219. The molecule has 3 atom stereocenters. The maximum Gasteiger partial charge on any atom is 0.0300 e. The zero-order valence-electron chi connectivity index (χ0n) is 10.2. The Morgan fingerprint density at radius 3 is 2.43 bits per heavy atom. The smallest absolute Gasteiger partial charge is 0.0300 e. The quantitative estimate of drug-likeness (QED) is 0.708. The highest BCUT2D eigenvalue weighted by atomic mass is 15.2. The summed E-state index contributed by atoms with van der Waals surface area (Å²) in [5.41, 5.74) is 6.10. The zero-order valence-corrected chi connectivity index (χ0v) is 10.2. The largest absolute Gasteiger partial charge is 0.329 e.